The molecule has 1 atom stereocenters. The Morgan fingerprint density at radius 3 is 2.49 bits per heavy atom. The molecular formula is C24H29N5O6. The molecule has 1 aromatic carbocycles. The molecule has 2 fully saturated rings. The summed E-state index contributed by atoms with van der Waals surface area (Å²) in [6.45, 7) is 5.16. The molecule has 1 unspecified atom stereocenters. The number of carbonyl (C=O) groups is 3. The average Bonchev–Trinajstić information content (AvgIpc) is 3.53. The van der Waals surface area contributed by atoms with Crippen LogP contribution in [0.4, 0.5) is 10.5 Å². The molecule has 4 rings (SSSR count). The lowest BCUT2D eigenvalue weighted by atomic mass is 10.1. The van der Waals surface area contributed by atoms with Crippen molar-refractivity contribution in [2.45, 2.75) is 12.5 Å². The van der Waals surface area contributed by atoms with E-state index >= 15 is 0 Å². The van der Waals surface area contributed by atoms with Crippen molar-refractivity contribution in [3.05, 3.63) is 54.0 Å². The van der Waals surface area contributed by atoms with Gasteiger partial charge < -0.3 is 24.1 Å². The Morgan fingerprint density at radius 1 is 1.11 bits per heavy atom. The van der Waals surface area contributed by atoms with E-state index in [1.807, 2.05) is 0 Å². The molecule has 1 aromatic heterocycles. The number of hydrogen-bond donors (Lipinski definition) is 2. The van der Waals surface area contributed by atoms with Crippen LogP contribution in [0.1, 0.15) is 22.5 Å². The molecule has 2 saturated heterocycles. The van der Waals surface area contributed by atoms with Gasteiger partial charge in [-0.25, -0.2) is 4.79 Å². The standard InChI is InChI=1S/C24H29N5O6/c1-33-21(30)8-9-27-10-12-28(13-11-27)15-19-16-29(24(32)35-19)18-6-4-17(5-7-18)22(25)26-23(31)20-3-2-14-34-20/h2-7,14,19H,8-13,15-16H2,1H3,(H2,25,26,31). The minimum atomic E-state index is -0.501. The quantitative estimate of drug-likeness (QED) is 0.329. The number of anilines is 1. The third-order valence-electron chi connectivity index (χ3n) is 6.11. The number of esters is 1. The molecule has 0 saturated carbocycles. The van der Waals surface area contributed by atoms with E-state index in [4.69, 9.17) is 19.3 Å². The number of nitrogens with one attached hydrogen (secondary N) is 2. The smallest absolute Gasteiger partial charge is 0.414 e. The van der Waals surface area contributed by atoms with Crippen LogP contribution >= 0.6 is 0 Å². The molecule has 2 aliphatic rings. The topological polar surface area (TPSA) is 128 Å². The van der Waals surface area contributed by atoms with E-state index in [1.165, 1.54) is 19.4 Å². The highest BCUT2D eigenvalue weighted by molar-refractivity contribution is 6.10. The zero-order valence-electron chi connectivity index (χ0n) is 19.6. The molecule has 2 N–H and O–H groups in total. The number of rotatable bonds is 8. The molecule has 11 heteroatoms. The molecule has 0 aliphatic carbocycles. The lowest BCUT2D eigenvalue weighted by Gasteiger charge is -2.35. The molecule has 35 heavy (non-hydrogen) atoms. The van der Waals surface area contributed by atoms with Crippen LogP contribution < -0.4 is 10.2 Å². The number of amidine groups is 1. The number of amides is 2. The third-order valence-corrected chi connectivity index (χ3v) is 6.11. The zero-order valence-corrected chi connectivity index (χ0v) is 19.6. The zero-order chi connectivity index (χ0) is 24.8. The monoisotopic (exact) mass is 483 g/mol. The maximum absolute atomic E-state index is 12.5. The maximum Gasteiger partial charge on any atom is 0.414 e. The summed E-state index contributed by atoms with van der Waals surface area (Å²) >= 11 is 0. The number of methoxy groups -OCH3 is 1. The molecular weight excluding hydrogens is 454 g/mol. The summed E-state index contributed by atoms with van der Waals surface area (Å²) < 4.78 is 15.3. The Kier molecular flexibility index (Phi) is 7.78. The van der Waals surface area contributed by atoms with Gasteiger partial charge in [0.2, 0.25) is 0 Å². The largest absolute Gasteiger partial charge is 0.469 e. The van der Waals surface area contributed by atoms with Gasteiger partial charge in [0.1, 0.15) is 11.9 Å². The van der Waals surface area contributed by atoms with E-state index in [0.717, 1.165) is 26.2 Å². The highest BCUT2D eigenvalue weighted by atomic mass is 16.6. The van der Waals surface area contributed by atoms with Crippen LogP contribution in [0.2, 0.25) is 0 Å². The lowest BCUT2D eigenvalue weighted by molar-refractivity contribution is -0.141. The van der Waals surface area contributed by atoms with Gasteiger partial charge in [-0.2, -0.15) is 0 Å². The highest BCUT2D eigenvalue weighted by Crippen LogP contribution is 2.23. The molecule has 2 aromatic rings. The Balaban J connectivity index is 1.25. The molecule has 3 heterocycles. The van der Waals surface area contributed by atoms with Crippen molar-refractivity contribution in [2.75, 3.05) is 57.8 Å². The summed E-state index contributed by atoms with van der Waals surface area (Å²) in [5, 5.41) is 10.6. The van der Waals surface area contributed by atoms with Crippen LogP contribution in [0.25, 0.3) is 0 Å². The predicted octanol–water partition coefficient (Wildman–Crippen LogP) is 1.54. The van der Waals surface area contributed by atoms with E-state index in [-0.39, 0.29) is 23.7 Å². The first-order chi connectivity index (χ1) is 16.9. The summed E-state index contributed by atoms with van der Waals surface area (Å²) in [6.07, 6.45) is 1.14. The second-order valence-electron chi connectivity index (χ2n) is 8.44. The van der Waals surface area contributed by atoms with E-state index in [0.29, 0.717) is 37.3 Å². The summed E-state index contributed by atoms with van der Waals surface area (Å²) in [4.78, 5) is 41.9. The van der Waals surface area contributed by atoms with E-state index < -0.39 is 12.0 Å². The first-order valence-electron chi connectivity index (χ1n) is 11.5. The molecule has 11 nitrogen and oxygen atoms in total. The van der Waals surface area contributed by atoms with Crippen LogP contribution in [0.15, 0.2) is 47.1 Å². The number of piperazine rings is 1. The number of nitrogens with zero attached hydrogens (tertiary/aromatic N) is 3. The van der Waals surface area contributed by atoms with Crippen molar-refractivity contribution in [3.63, 3.8) is 0 Å². The van der Waals surface area contributed by atoms with Gasteiger partial charge in [-0.3, -0.25) is 24.8 Å². The minimum Gasteiger partial charge on any atom is -0.469 e. The number of carbonyl (C=O) groups excluding carboxylic acids is 3. The summed E-state index contributed by atoms with van der Waals surface area (Å²) in [7, 11) is 1.40. The Hall–Kier alpha value is -3.70. The number of furan rings is 1. The number of benzene rings is 1. The van der Waals surface area contributed by atoms with Gasteiger partial charge in [0, 0.05) is 50.5 Å². The van der Waals surface area contributed by atoms with Gasteiger partial charge in [0.05, 0.1) is 26.3 Å². The van der Waals surface area contributed by atoms with Crippen molar-refractivity contribution >= 4 is 29.5 Å². The van der Waals surface area contributed by atoms with Gasteiger partial charge in [-0.1, -0.05) is 0 Å². The van der Waals surface area contributed by atoms with Crippen molar-refractivity contribution in [1.82, 2.24) is 15.1 Å². The Bertz CT molecular complexity index is 1050. The minimum absolute atomic E-state index is 0.0643. The Labute approximate surface area is 203 Å². The van der Waals surface area contributed by atoms with Crippen molar-refractivity contribution < 1.29 is 28.3 Å². The average molecular weight is 484 g/mol. The number of ether oxygens (including phenoxy) is 2. The first kappa shape index (κ1) is 24.4. The second-order valence-corrected chi connectivity index (χ2v) is 8.44. The van der Waals surface area contributed by atoms with Crippen LogP contribution in [-0.2, 0) is 14.3 Å². The number of cyclic esters (lactones) is 1. The van der Waals surface area contributed by atoms with E-state index in [1.54, 1.807) is 35.2 Å². The lowest BCUT2D eigenvalue weighted by Crippen LogP contribution is -2.49. The summed E-state index contributed by atoms with van der Waals surface area (Å²) in [6, 6.07) is 9.93. The summed E-state index contributed by atoms with van der Waals surface area (Å²) in [5.74, 6) is -0.640. The Morgan fingerprint density at radius 2 is 1.83 bits per heavy atom. The molecule has 186 valence electrons. The van der Waals surface area contributed by atoms with Gasteiger partial charge >= 0.3 is 12.1 Å². The van der Waals surface area contributed by atoms with Crippen LogP contribution in [-0.4, -0.2) is 92.6 Å². The fourth-order valence-corrected chi connectivity index (χ4v) is 4.13. The van der Waals surface area contributed by atoms with Crippen LogP contribution in [0.3, 0.4) is 0 Å². The summed E-state index contributed by atoms with van der Waals surface area (Å²) in [5.41, 5.74) is 1.17. The fourth-order valence-electron chi connectivity index (χ4n) is 4.13. The van der Waals surface area contributed by atoms with Gasteiger partial charge in [-0.05, 0) is 36.4 Å². The van der Waals surface area contributed by atoms with Crippen molar-refractivity contribution in [3.8, 4) is 0 Å². The molecule has 0 radical (unpaired) electrons. The molecule has 2 amide bonds. The van der Waals surface area contributed by atoms with E-state index in [2.05, 4.69) is 15.1 Å². The molecule has 0 bridgehead atoms. The second kappa shape index (κ2) is 11.2. The molecule has 2 aliphatic heterocycles. The van der Waals surface area contributed by atoms with E-state index in [9.17, 15) is 14.4 Å². The SMILES string of the molecule is COC(=O)CCN1CCN(CC2CN(c3ccc(C(=N)NC(=O)c4ccco4)cc3)C(=O)O2)CC1. The van der Waals surface area contributed by atoms with Gasteiger partial charge in [0.15, 0.2) is 5.76 Å². The van der Waals surface area contributed by atoms with Gasteiger partial charge in [0.25, 0.3) is 5.91 Å². The van der Waals surface area contributed by atoms with Crippen LogP contribution in [0.5, 0.6) is 0 Å². The van der Waals surface area contributed by atoms with Gasteiger partial charge in [-0.15, -0.1) is 0 Å². The van der Waals surface area contributed by atoms with Crippen molar-refractivity contribution in [1.29, 1.82) is 5.41 Å². The normalized spacial score (nSPS) is 18.8. The third kappa shape index (κ3) is 6.25. The first-order valence-corrected chi connectivity index (χ1v) is 11.5. The van der Waals surface area contributed by atoms with Crippen molar-refractivity contribution in [2.24, 2.45) is 0 Å². The van der Waals surface area contributed by atoms with Crippen LogP contribution in [0, 0.1) is 5.41 Å². The molecule has 0 spiro atoms. The maximum atomic E-state index is 12.5. The fraction of sp³-hybridized carbons (Fsp3) is 0.417. The highest BCUT2D eigenvalue weighted by Gasteiger charge is 2.34. The number of hydrogen-bond acceptors (Lipinski definition) is 9. The predicted molar refractivity (Wildman–Crippen MR) is 127 cm³/mol.